The molecule has 9 heteroatoms. The molecule has 2 heterocycles. The zero-order valence-corrected chi connectivity index (χ0v) is 16.6. The SMILES string of the molecule is Cc1ccc(C(=O)Nc2cc(Cl)ccc2-n2cncn2)cc1NC(=O)c1ccco1. The summed E-state index contributed by atoms with van der Waals surface area (Å²) >= 11 is 6.11. The number of carbonyl (C=O) groups is 2. The quantitative estimate of drug-likeness (QED) is 0.499. The summed E-state index contributed by atoms with van der Waals surface area (Å²) in [5.74, 6) is -0.586. The molecule has 0 aliphatic rings. The summed E-state index contributed by atoms with van der Waals surface area (Å²) in [4.78, 5) is 29.1. The normalized spacial score (nSPS) is 10.6. The Hall–Kier alpha value is -3.91. The average Bonchev–Trinajstić information content (AvgIpc) is 3.44. The number of nitrogens with zero attached hydrogens (tertiary/aromatic N) is 3. The van der Waals surface area contributed by atoms with E-state index in [0.717, 1.165) is 5.56 Å². The first-order valence-electron chi connectivity index (χ1n) is 8.92. The zero-order chi connectivity index (χ0) is 21.1. The molecule has 0 saturated carbocycles. The van der Waals surface area contributed by atoms with Crippen LogP contribution in [0.4, 0.5) is 11.4 Å². The second-order valence-corrected chi connectivity index (χ2v) is 6.85. The van der Waals surface area contributed by atoms with Crippen LogP contribution in [0.5, 0.6) is 0 Å². The van der Waals surface area contributed by atoms with Crippen molar-refractivity contribution in [1.82, 2.24) is 14.8 Å². The highest BCUT2D eigenvalue weighted by Crippen LogP contribution is 2.25. The molecule has 0 bridgehead atoms. The van der Waals surface area contributed by atoms with Crippen LogP contribution in [-0.4, -0.2) is 26.6 Å². The van der Waals surface area contributed by atoms with Crippen LogP contribution in [0, 0.1) is 6.92 Å². The van der Waals surface area contributed by atoms with Crippen molar-refractivity contribution in [1.29, 1.82) is 0 Å². The van der Waals surface area contributed by atoms with Gasteiger partial charge in [-0.15, -0.1) is 0 Å². The molecule has 0 aliphatic heterocycles. The molecule has 150 valence electrons. The van der Waals surface area contributed by atoms with E-state index in [-0.39, 0.29) is 11.7 Å². The number of hydrogen-bond acceptors (Lipinski definition) is 5. The molecule has 0 saturated heterocycles. The van der Waals surface area contributed by atoms with Gasteiger partial charge in [-0.3, -0.25) is 9.59 Å². The predicted molar refractivity (Wildman–Crippen MR) is 112 cm³/mol. The van der Waals surface area contributed by atoms with E-state index >= 15 is 0 Å². The fourth-order valence-corrected chi connectivity index (χ4v) is 3.00. The molecule has 4 aromatic rings. The summed E-state index contributed by atoms with van der Waals surface area (Å²) in [5.41, 5.74) is 2.76. The highest BCUT2D eigenvalue weighted by atomic mass is 35.5. The van der Waals surface area contributed by atoms with Crippen molar-refractivity contribution in [3.05, 3.63) is 89.4 Å². The molecule has 0 atom stereocenters. The van der Waals surface area contributed by atoms with Gasteiger partial charge in [-0.05, 0) is 55.0 Å². The summed E-state index contributed by atoms with van der Waals surface area (Å²) < 4.78 is 6.63. The summed E-state index contributed by atoms with van der Waals surface area (Å²) in [6, 6.07) is 13.3. The predicted octanol–water partition coefficient (Wildman–Crippen LogP) is 4.33. The van der Waals surface area contributed by atoms with Crippen molar-refractivity contribution in [3.8, 4) is 5.69 Å². The molecule has 2 amide bonds. The number of halogens is 1. The van der Waals surface area contributed by atoms with Crippen molar-refractivity contribution in [3.63, 3.8) is 0 Å². The van der Waals surface area contributed by atoms with Gasteiger partial charge in [-0.1, -0.05) is 17.7 Å². The number of rotatable bonds is 5. The largest absolute Gasteiger partial charge is 0.459 e. The fourth-order valence-electron chi connectivity index (χ4n) is 2.82. The molecule has 8 nitrogen and oxygen atoms in total. The molecule has 2 aromatic carbocycles. The molecular formula is C21H16ClN5O3. The maximum atomic E-state index is 12.9. The zero-order valence-electron chi connectivity index (χ0n) is 15.8. The first-order valence-corrected chi connectivity index (χ1v) is 9.30. The van der Waals surface area contributed by atoms with Crippen LogP contribution in [0.15, 0.2) is 71.9 Å². The lowest BCUT2D eigenvalue weighted by atomic mass is 10.1. The van der Waals surface area contributed by atoms with Crippen LogP contribution >= 0.6 is 11.6 Å². The first-order chi connectivity index (χ1) is 14.5. The number of furan rings is 1. The van der Waals surface area contributed by atoms with E-state index in [1.54, 1.807) is 48.5 Å². The third kappa shape index (κ3) is 4.08. The molecule has 0 unspecified atom stereocenters. The van der Waals surface area contributed by atoms with Crippen LogP contribution in [0.1, 0.15) is 26.5 Å². The molecule has 0 radical (unpaired) electrons. The van der Waals surface area contributed by atoms with Crippen LogP contribution in [0.2, 0.25) is 5.02 Å². The second-order valence-electron chi connectivity index (χ2n) is 6.42. The highest BCUT2D eigenvalue weighted by molar-refractivity contribution is 6.31. The minimum absolute atomic E-state index is 0.181. The Balaban J connectivity index is 1.59. The molecule has 0 aliphatic carbocycles. The van der Waals surface area contributed by atoms with E-state index in [4.69, 9.17) is 16.0 Å². The third-order valence-electron chi connectivity index (χ3n) is 4.37. The van der Waals surface area contributed by atoms with Gasteiger partial charge in [-0.2, -0.15) is 5.10 Å². The van der Waals surface area contributed by atoms with Gasteiger partial charge in [0.2, 0.25) is 0 Å². The van der Waals surface area contributed by atoms with Crippen molar-refractivity contribution < 1.29 is 14.0 Å². The fraction of sp³-hybridized carbons (Fsp3) is 0.0476. The van der Waals surface area contributed by atoms with E-state index in [9.17, 15) is 9.59 Å². The Labute approximate surface area is 176 Å². The van der Waals surface area contributed by atoms with Gasteiger partial charge < -0.3 is 15.1 Å². The lowest BCUT2D eigenvalue weighted by molar-refractivity contribution is 0.0993. The van der Waals surface area contributed by atoms with Crippen molar-refractivity contribution in [2.75, 3.05) is 10.6 Å². The maximum absolute atomic E-state index is 12.9. The van der Waals surface area contributed by atoms with Crippen LogP contribution < -0.4 is 10.6 Å². The Morgan fingerprint density at radius 3 is 2.60 bits per heavy atom. The lowest BCUT2D eigenvalue weighted by Crippen LogP contribution is -2.16. The first kappa shape index (κ1) is 19.4. The number of aryl methyl sites for hydroxylation is 1. The highest BCUT2D eigenvalue weighted by Gasteiger charge is 2.15. The molecule has 2 N–H and O–H groups in total. The van der Waals surface area contributed by atoms with Crippen molar-refractivity contribution >= 4 is 34.8 Å². The average molecular weight is 422 g/mol. The molecule has 2 aromatic heterocycles. The third-order valence-corrected chi connectivity index (χ3v) is 4.60. The molecule has 0 spiro atoms. The minimum Gasteiger partial charge on any atom is -0.459 e. The Morgan fingerprint density at radius 2 is 1.87 bits per heavy atom. The number of aromatic nitrogens is 3. The number of hydrogen-bond donors (Lipinski definition) is 2. The Morgan fingerprint density at radius 1 is 1.03 bits per heavy atom. The molecular weight excluding hydrogens is 406 g/mol. The summed E-state index contributed by atoms with van der Waals surface area (Å²) in [6.07, 6.45) is 4.34. The number of nitrogens with one attached hydrogen (secondary N) is 2. The van der Waals surface area contributed by atoms with E-state index in [0.29, 0.717) is 27.6 Å². The van der Waals surface area contributed by atoms with Gasteiger partial charge in [0.05, 0.1) is 17.6 Å². The number of anilines is 2. The van der Waals surface area contributed by atoms with E-state index < -0.39 is 5.91 Å². The van der Waals surface area contributed by atoms with Gasteiger partial charge in [-0.25, -0.2) is 9.67 Å². The number of benzene rings is 2. The van der Waals surface area contributed by atoms with Gasteiger partial charge in [0.25, 0.3) is 11.8 Å². The summed E-state index contributed by atoms with van der Waals surface area (Å²) in [5, 5.41) is 10.2. The lowest BCUT2D eigenvalue weighted by Gasteiger charge is -2.13. The van der Waals surface area contributed by atoms with Gasteiger partial charge in [0.15, 0.2) is 5.76 Å². The molecule has 30 heavy (non-hydrogen) atoms. The number of carbonyl (C=O) groups excluding carboxylic acids is 2. The van der Waals surface area contributed by atoms with Crippen LogP contribution in [0.25, 0.3) is 5.69 Å². The van der Waals surface area contributed by atoms with E-state index in [2.05, 4.69) is 20.7 Å². The maximum Gasteiger partial charge on any atom is 0.291 e. The monoisotopic (exact) mass is 421 g/mol. The topological polar surface area (TPSA) is 102 Å². The molecule has 0 fully saturated rings. The van der Waals surface area contributed by atoms with Gasteiger partial charge in [0.1, 0.15) is 12.7 Å². The van der Waals surface area contributed by atoms with Crippen molar-refractivity contribution in [2.45, 2.75) is 6.92 Å². The van der Waals surface area contributed by atoms with Crippen LogP contribution in [0.3, 0.4) is 0 Å². The van der Waals surface area contributed by atoms with E-state index in [1.165, 1.54) is 23.6 Å². The van der Waals surface area contributed by atoms with Gasteiger partial charge in [0, 0.05) is 16.3 Å². The Bertz CT molecular complexity index is 1200. The van der Waals surface area contributed by atoms with Gasteiger partial charge >= 0.3 is 0 Å². The Kier molecular flexibility index (Phi) is 5.32. The molecule has 4 rings (SSSR count). The van der Waals surface area contributed by atoms with Crippen molar-refractivity contribution in [2.24, 2.45) is 0 Å². The smallest absolute Gasteiger partial charge is 0.291 e. The second kappa shape index (κ2) is 8.22. The standard InChI is InChI=1S/C21H16ClN5O3/c1-13-4-5-14(9-16(13)25-21(29)19-3-2-8-30-19)20(28)26-17-10-15(22)6-7-18(17)27-12-23-11-24-27/h2-12H,1H3,(H,25,29)(H,26,28). The number of amides is 2. The van der Waals surface area contributed by atoms with E-state index in [1.807, 2.05) is 6.92 Å². The van der Waals surface area contributed by atoms with Crippen LogP contribution in [-0.2, 0) is 0 Å². The summed E-state index contributed by atoms with van der Waals surface area (Å²) in [7, 11) is 0. The minimum atomic E-state index is -0.399. The summed E-state index contributed by atoms with van der Waals surface area (Å²) in [6.45, 7) is 1.83.